The van der Waals surface area contributed by atoms with Gasteiger partial charge in [0.05, 0.1) is 0 Å². The standard InChI is InChI=1S/C18H29N3O2/c1-18(2,3)23-17(22)21(16-6-5-11-20(4)13-16)12-14-7-9-15(19)10-8-14/h7-10,16H,5-6,11-13,19H2,1-4H3/t16-/m1/s1. The summed E-state index contributed by atoms with van der Waals surface area (Å²) < 4.78 is 5.63. The molecule has 2 rings (SSSR count). The molecule has 0 saturated carbocycles. The molecule has 1 saturated heterocycles. The Hall–Kier alpha value is -1.75. The average Bonchev–Trinajstić information content (AvgIpc) is 2.44. The van der Waals surface area contributed by atoms with Gasteiger partial charge in [-0.2, -0.15) is 0 Å². The van der Waals surface area contributed by atoms with E-state index in [9.17, 15) is 4.79 Å². The van der Waals surface area contributed by atoms with Gasteiger partial charge >= 0.3 is 6.09 Å². The van der Waals surface area contributed by atoms with Crippen molar-refractivity contribution in [2.45, 2.75) is 51.8 Å². The molecule has 1 aliphatic heterocycles. The normalized spacial score (nSPS) is 19.4. The maximum atomic E-state index is 12.7. The smallest absolute Gasteiger partial charge is 0.410 e. The van der Waals surface area contributed by atoms with Crippen LogP contribution in [-0.4, -0.2) is 47.7 Å². The lowest BCUT2D eigenvalue weighted by atomic mass is 10.0. The molecule has 5 nitrogen and oxygen atoms in total. The van der Waals surface area contributed by atoms with Crippen LogP contribution in [0.25, 0.3) is 0 Å². The number of rotatable bonds is 3. The number of anilines is 1. The summed E-state index contributed by atoms with van der Waals surface area (Å²) in [5.74, 6) is 0. The molecule has 5 heteroatoms. The largest absolute Gasteiger partial charge is 0.444 e. The summed E-state index contributed by atoms with van der Waals surface area (Å²) in [7, 11) is 2.10. The topological polar surface area (TPSA) is 58.8 Å². The summed E-state index contributed by atoms with van der Waals surface area (Å²) in [6, 6.07) is 7.87. The van der Waals surface area contributed by atoms with Gasteiger partial charge in [-0.1, -0.05) is 12.1 Å². The Kier molecular flexibility index (Phi) is 5.52. The minimum absolute atomic E-state index is 0.182. The van der Waals surface area contributed by atoms with Gasteiger partial charge in [0.15, 0.2) is 0 Å². The molecule has 23 heavy (non-hydrogen) atoms. The summed E-state index contributed by atoms with van der Waals surface area (Å²) in [5.41, 5.74) is 7.06. The molecule has 1 heterocycles. The van der Waals surface area contributed by atoms with Gasteiger partial charge in [-0.15, -0.1) is 0 Å². The van der Waals surface area contributed by atoms with Gasteiger partial charge in [-0.25, -0.2) is 4.79 Å². The molecule has 1 aromatic rings. The third kappa shape index (κ3) is 5.43. The first kappa shape index (κ1) is 17.6. The van der Waals surface area contributed by atoms with E-state index in [1.807, 2.05) is 49.9 Å². The van der Waals surface area contributed by atoms with Crippen LogP contribution in [0, 0.1) is 0 Å². The van der Waals surface area contributed by atoms with Crippen molar-refractivity contribution in [2.75, 3.05) is 25.9 Å². The van der Waals surface area contributed by atoms with E-state index in [2.05, 4.69) is 11.9 Å². The summed E-state index contributed by atoms with van der Waals surface area (Å²) in [6.45, 7) is 8.22. The van der Waals surface area contributed by atoms with Crippen LogP contribution in [0.2, 0.25) is 0 Å². The van der Waals surface area contributed by atoms with E-state index in [1.165, 1.54) is 0 Å². The minimum atomic E-state index is -0.489. The number of hydrogen-bond acceptors (Lipinski definition) is 4. The van der Waals surface area contributed by atoms with Crippen molar-refractivity contribution in [3.8, 4) is 0 Å². The lowest BCUT2D eigenvalue weighted by molar-refractivity contribution is 0.00556. The van der Waals surface area contributed by atoms with Crippen LogP contribution < -0.4 is 5.73 Å². The fraction of sp³-hybridized carbons (Fsp3) is 0.611. The lowest BCUT2D eigenvalue weighted by Crippen LogP contribution is -2.50. The Bertz CT molecular complexity index is 522. The Labute approximate surface area is 139 Å². The van der Waals surface area contributed by atoms with E-state index in [4.69, 9.17) is 10.5 Å². The first-order valence-corrected chi connectivity index (χ1v) is 8.27. The van der Waals surface area contributed by atoms with Crippen molar-refractivity contribution in [1.29, 1.82) is 0 Å². The molecule has 128 valence electrons. The molecule has 1 fully saturated rings. The van der Waals surface area contributed by atoms with E-state index in [0.717, 1.165) is 37.2 Å². The monoisotopic (exact) mass is 319 g/mol. The van der Waals surface area contributed by atoms with Crippen molar-refractivity contribution in [1.82, 2.24) is 9.80 Å². The second kappa shape index (κ2) is 7.21. The molecule has 1 amide bonds. The van der Waals surface area contributed by atoms with E-state index < -0.39 is 5.60 Å². The van der Waals surface area contributed by atoms with Crippen molar-refractivity contribution >= 4 is 11.8 Å². The molecule has 0 spiro atoms. The number of carbonyl (C=O) groups is 1. The number of nitrogens with two attached hydrogens (primary N) is 1. The molecular formula is C18H29N3O2. The van der Waals surface area contributed by atoms with Crippen LogP contribution >= 0.6 is 0 Å². The van der Waals surface area contributed by atoms with Crippen LogP contribution in [0.5, 0.6) is 0 Å². The number of ether oxygens (including phenoxy) is 1. The van der Waals surface area contributed by atoms with Crippen molar-refractivity contribution in [2.24, 2.45) is 0 Å². The van der Waals surface area contributed by atoms with Gasteiger partial charge in [0.1, 0.15) is 5.60 Å². The predicted molar refractivity (Wildman–Crippen MR) is 93.2 cm³/mol. The van der Waals surface area contributed by atoms with Gasteiger partial charge in [-0.05, 0) is 64.9 Å². The summed E-state index contributed by atoms with van der Waals surface area (Å²) in [5, 5.41) is 0. The number of nitrogen functional groups attached to an aromatic ring is 1. The van der Waals surface area contributed by atoms with E-state index >= 15 is 0 Å². The van der Waals surface area contributed by atoms with E-state index in [1.54, 1.807) is 0 Å². The summed E-state index contributed by atoms with van der Waals surface area (Å²) in [6.07, 6.45) is 1.87. The Balaban J connectivity index is 2.16. The number of likely N-dealkylation sites (tertiary alicyclic amines) is 1. The number of piperidine rings is 1. The summed E-state index contributed by atoms with van der Waals surface area (Å²) in [4.78, 5) is 16.8. The molecule has 0 aromatic heterocycles. The number of carbonyl (C=O) groups excluding carboxylic acids is 1. The molecule has 0 aliphatic carbocycles. The zero-order valence-corrected chi connectivity index (χ0v) is 14.7. The lowest BCUT2D eigenvalue weighted by Gasteiger charge is -2.38. The van der Waals surface area contributed by atoms with Crippen molar-refractivity contribution in [3.05, 3.63) is 29.8 Å². The average molecular weight is 319 g/mol. The van der Waals surface area contributed by atoms with E-state index in [-0.39, 0.29) is 12.1 Å². The second-order valence-electron chi connectivity index (χ2n) is 7.41. The number of hydrogen-bond donors (Lipinski definition) is 1. The first-order chi connectivity index (χ1) is 10.7. The maximum absolute atomic E-state index is 12.7. The zero-order chi connectivity index (χ0) is 17.0. The Morgan fingerprint density at radius 2 is 2.00 bits per heavy atom. The predicted octanol–water partition coefficient (Wildman–Crippen LogP) is 3.10. The number of benzene rings is 1. The van der Waals surface area contributed by atoms with Gasteiger partial charge in [0.25, 0.3) is 0 Å². The molecule has 1 atom stereocenters. The van der Waals surface area contributed by atoms with Crippen LogP contribution in [0.3, 0.4) is 0 Å². The second-order valence-corrected chi connectivity index (χ2v) is 7.41. The number of nitrogens with zero attached hydrogens (tertiary/aromatic N) is 2. The van der Waals surface area contributed by atoms with Gasteiger partial charge in [-0.3, -0.25) is 4.90 Å². The molecular weight excluding hydrogens is 290 g/mol. The highest BCUT2D eigenvalue weighted by atomic mass is 16.6. The van der Waals surface area contributed by atoms with Crippen LogP contribution in [-0.2, 0) is 11.3 Å². The molecule has 2 N–H and O–H groups in total. The molecule has 1 aromatic carbocycles. The summed E-state index contributed by atoms with van der Waals surface area (Å²) >= 11 is 0. The highest BCUT2D eigenvalue weighted by molar-refractivity contribution is 5.68. The van der Waals surface area contributed by atoms with Gasteiger partial charge in [0.2, 0.25) is 0 Å². The van der Waals surface area contributed by atoms with Crippen LogP contribution in [0.15, 0.2) is 24.3 Å². The van der Waals surface area contributed by atoms with Crippen molar-refractivity contribution in [3.63, 3.8) is 0 Å². The minimum Gasteiger partial charge on any atom is -0.444 e. The van der Waals surface area contributed by atoms with Gasteiger partial charge < -0.3 is 15.4 Å². The zero-order valence-electron chi connectivity index (χ0n) is 14.7. The third-order valence-corrected chi connectivity index (χ3v) is 4.00. The fourth-order valence-electron chi connectivity index (χ4n) is 2.88. The highest BCUT2D eigenvalue weighted by Crippen LogP contribution is 2.21. The van der Waals surface area contributed by atoms with Gasteiger partial charge in [0, 0.05) is 24.8 Å². The Morgan fingerprint density at radius 1 is 1.35 bits per heavy atom. The number of likely N-dealkylation sites (N-methyl/N-ethyl adjacent to an activating group) is 1. The van der Waals surface area contributed by atoms with Crippen molar-refractivity contribution < 1.29 is 9.53 Å². The SMILES string of the molecule is CN1CCC[C@@H](N(Cc2ccc(N)cc2)C(=O)OC(C)(C)C)C1. The quantitative estimate of drug-likeness (QED) is 0.870. The van der Waals surface area contributed by atoms with Crippen LogP contribution in [0.1, 0.15) is 39.2 Å². The van der Waals surface area contributed by atoms with E-state index in [0.29, 0.717) is 6.54 Å². The number of amides is 1. The molecule has 0 bridgehead atoms. The Morgan fingerprint density at radius 3 is 2.57 bits per heavy atom. The molecule has 0 radical (unpaired) electrons. The molecule has 1 aliphatic rings. The third-order valence-electron chi connectivity index (χ3n) is 4.00. The maximum Gasteiger partial charge on any atom is 0.410 e. The van der Waals surface area contributed by atoms with Crippen LogP contribution in [0.4, 0.5) is 10.5 Å². The molecule has 0 unspecified atom stereocenters. The first-order valence-electron chi connectivity index (χ1n) is 8.27. The highest BCUT2D eigenvalue weighted by Gasteiger charge is 2.30. The fourth-order valence-corrected chi connectivity index (χ4v) is 2.88.